The van der Waals surface area contributed by atoms with Crippen LogP contribution in [0.5, 0.6) is 0 Å². The van der Waals surface area contributed by atoms with Gasteiger partial charge in [-0.1, -0.05) is 18.2 Å². The number of nitrogens with one attached hydrogen (secondary N) is 4. The number of amides is 1. The van der Waals surface area contributed by atoms with Gasteiger partial charge in [-0.15, -0.1) is 0 Å². The number of nitrogens with zero attached hydrogens (tertiary/aromatic N) is 5. The summed E-state index contributed by atoms with van der Waals surface area (Å²) < 4.78 is 1.73. The Labute approximate surface area is 219 Å². The minimum atomic E-state index is -0.271. The molecule has 5 aromatic rings. The fourth-order valence-electron chi connectivity index (χ4n) is 4.53. The molecule has 0 fully saturated rings. The summed E-state index contributed by atoms with van der Waals surface area (Å²) >= 11 is 0. The molecule has 4 N–H and O–H groups in total. The van der Waals surface area contributed by atoms with Crippen LogP contribution in [0.25, 0.3) is 11.0 Å². The number of carbonyl (C=O) groups is 1. The molecule has 0 aliphatic carbocycles. The lowest BCUT2D eigenvalue weighted by Crippen LogP contribution is -2.23. The van der Waals surface area contributed by atoms with Gasteiger partial charge in [0.25, 0.3) is 5.91 Å². The molecule has 10 heteroatoms. The van der Waals surface area contributed by atoms with Crippen molar-refractivity contribution in [3.63, 3.8) is 0 Å². The van der Waals surface area contributed by atoms with Gasteiger partial charge in [-0.05, 0) is 73.0 Å². The molecule has 0 bridgehead atoms. The largest absolute Gasteiger partial charge is 0.338 e. The summed E-state index contributed by atoms with van der Waals surface area (Å²) in [6.07, 6.45) is 4.40. The number of aromatic nitrogens is 5. The highest BCUT2D eigenvalue weighted by atomic mass is 16.1. The van der Waals surface area contributed by atoms with E-state index in [0.29, 0.717) is 28.8 Å². The Hall–Kier alpha value is -4.83. The summed E-state index contributed by atoms with van der Waals surface area (Å²) in [7, 11) is 1.85. The van der Waals surface area contributed by atoms with Gasteiger partial charge in [-0.3, -0.25) is 9.78 Å². The SMILES string of the molecule is Cc1ccc(NC(=O)c2ccccn2)cc1Nc1nn(C)c2nc(Nc3ccc4c(c3)CNCC4)ncc12. The van der Waals surface area contributed by atoms with E-state index >= 15 is 0 Å². The number of hydrogen-bond donors (Lipinski definition) is 4. The molecule has 190 valence electrons. The van der Waals surface area contributed by atoms with Crippen molar-refractivity contribution in [2.24, 2.45) is 7.05 Å². The van der Waals surface area contributed by atoms with Crippen LogP contribution in [0.4, 0.5) is 28.8 Å². The molecule has 0 saturated heterocycles. The third-order valence-corrected chi connectivity index (χ3v) is 6.58. The second-order valence-electron chi connectivity index (χ2n) is 9.26. The van der Waals surface area contributed by atoms with Crippen LogP contribution in [0.3, 0.4) is 0 Å². The molecular formula is C28H27N9O. The van der Waals surface area contributed by atoms with Gasteiger partial charge in [-0.2, -0.15) is 10.1 Å². The van der Waals surface area contributed by atoms with Gasteiger partial charge < -0.3 is 21.3 Å². The number of rotatable bonds is 6. The van der Waals surface area contributed by atoms with Gasteiger partial charge in [0.1, 0.15) is 5.69 Å². The quantitative estimate of drug-likeness (QED) is 0.267. The molecule has 6 rings (SSSR count). The third kappa shape index (κ3) is 4.76. The molecule has 1 aliphatic heterocycles. The Morgan fingerprint density at radius 1 is 1.00 bits per heavy atom. The number of aryl methyl sites for hydroxylation is 2. The Morgan fingerprint density at radius 3 is 2.76 bits per heavy atom. The zero-order valence-electron chi connectivity index (χ0n) is 21.1. The van der Waals surface area contributed by atoms with Crippen LogP contribution in [-0.4, -0.2) is 37.2 Å². The first-order chi connectivity index (χ1) is 18.5. The van der Waals surface area contributed by atoms with Crippen molar-refractivity contribution in [2.45, 2.75) is 19.9 Å². The van der Waals surface area contributed by atoms with Crippen molar-refractivity contribution in [2.75, 3.05) is 22.5 Å². The second kappa shape index (κ2) is 9.91. The monoisotopic (exact) mass is 505 g/mol. The van der Waals surface area contributed by atoms with Crippen LogP contribution >= 0.6 is 0 Å². The molecule has 0 atom stereocenters. The first-order valence-electron chi connectivity index (χ1n) is 12.4. The number of fused-ring (bicyclic) bond motifs is 2. The van der Waals surface area contributed by atoms with E-state index in [2.05, 4.69) is 54.5 Å². The molecule has 38 heavy (non-hydrogen) atoms. The van der Waals surface area contributed by atoms with Gasteiger partial charge in [0.05, 0.1) is 5.39 Å². The molecule has 0 radical (unpaired) electrons. The topological polar surface area (TPSA) is 122 Å². The Bertz CT molecular complexity index is 1650. The standard InChI is InChI=1S/C28H27N9O/c1-17-6-8-21(32-27(38)23-5-3-4-11-30-23)14-24(17)34-25-22-16-31-28(35-26(22)37(2)36-25)33-20-9-7-18-10-12-29-15-19(18)13-20/h3-9,11,13-14,16,29H,10,12,15H2,1-2H3,(H,32,38)(H,34,36)(H,31,33,35). The van der Waals surface area contributed by atoms with Crippen LogP contribution in [-0.2, 0) is 20.0 Å². The lowest BCUT2D eigenvalue weighted by molar-refractivity contribution is 0.102. The molecular weight excluding hydrogens is 478 g/mol. The Kier molecular flexibility index (Phi) is 6.14. The minimum absolute atomic E-state index is 0.271. The van der Waals surface area contributed by atoms with Gasteiger partial charge >= 0.3 is 0 Å². The molecule has 0 saturated carbocycles. The normalized spacial score (nSPS) is 12.7. The van der Waals surface area contributed by atoms with Crippen molar-refractivity contribution in [1.82, 2.24) is 30.0 Å². The van der Waals surface area contributed by atoms with Crippen LogP contribution in [0.2, 0.25) is 0 Å². The predicted molar refractivity (Wildman–Crippen MR) is 148 cm³/mol. The number of anilines is 5. The van der Waals surface area contributed by atoms with Gasteiger partial charge in [-0.25, -0.2) is 9.67 Å². The van der Waals surface area contributed by atoms with Crippen LogP contribution in [0, 0.1) is 6.92 Å². The summed E-state index contributed by atoms with van der Waals surface area (Å²) in [6, 6.07) is 17.3. The summed E-state index contributed by atoms with van der Waals surface area (Å²) in [5, 5.41) is 18.4. The van der Waals surface area contributed by atoms with Crippen LogP contribution in [0.15, 0.2) is 67.0 Å². The van der Waals surface area contributed by atoms with E-state index in [1.165, 1.54) is 11.1 Å². The molecule has 1 amide bonds. The fraction of sp³-hybridized carbons (Fsp3) is 0.179. The van der Waals surface area contributed by atoms with Gasteiger partial charge in [0.15, 0.2) is 11.5 Å². The van der Waals surface area contributed by atoms with Gasteiger partial charge in [0.2, 0.25) is 5.95 Å². The summed E-state index contributed by atoms with van der Waals surface area (Å²) in [4.78, 5) is 25.9. The smallest absolute Gasteiger partial charge is 0.274 e. The molecule has 1 aliphatic rings. The van der Waals surface area contributed by atoms with Gasteiger partial charge in [0, 0.05) is 43.0 Å². The molecule has 10 nitrogen and oxygen atoms in total. The highest BCUT2D eigenvalue weighted by Gasteiger charge is 2.15. The maximum absolute atomic E-state index is 12.5. The predicted octanol–water partition coefficient (Wildman–Crippen LogP) is 4.45. The molecule has 2 aromatic carbocycles. The average molecular weight is 506 g/mol. The highest BCUT2D eigenvalue weighted by molar-refractivity contribution is 6.03. The minimum Gasteiger partial charge on any atom is -0.338 e. The number of pyridine rings is 1. The average Bonchev–Trinajstić information content (AvgIpc) is 3.25. The first kappa shape index (κ1) is 23.6. The van der Waals surface area contributed by atoms with Crippen molar-refractivity contribution < 1.29 is 4.79 Å². The van der Waals surface area contributed by atoms with Crippen molar-refractivity contribution in [3.05, 3.63) is 89.4 Å². The lowest BCUT2D eigenvalue weighted by Gasteiger charge is -2.18. The fourth-order valence-corrected chi connectivity index (χ4v) is 4.53. The second-order valence-corrected chi connectivity index (χ2v) is 9.26. The van der Waals surface area contributed by atoms with Crippen molar-refractivity contribution in [3.8, 4) is 0 Å². The number of hydrogen-bond acceptors (Lipinski definition) is 8. The number of benzene rings is 2. The Morgan fingerprint density at radius 2 is 1.89 bits per heavy atom. The van der Waals surface area contributed by atoms with E-state index in [1.807, 2.05) is 32.2 Å². The van der Waals surface area contributed by atoms with E-state index in [1.54, 1.807) is 35.3 Å². The Balaban J connectivity index is 1.23. The van der Waals surface area contributed by atoms with E-state index < -0.39 is 0 Å². The highest BCUT2D eigenvalue weighted by Crippen LogP contribution is 2.29. The lowest BCUT2D eigenvalue weighted by atomic mass is 10.0. The summed E-state index contributed by atoms with van der Waals surface area (Å²) in [5.74, 6) is 0.865. The van der Waals surface area contributed by atoms with Crippen molar-refractivity contribution >= 4 is 45.8 Å². The van der Waals surface area contributed by atoms with E-state index in [9.17, 15) is 4.79 Å². The summed E-state index contributed by atoms with van der Waals surface area (Å²) in [5.41, 5.74) is 7.14. The first-order valence-corrected chi connectivity index (χ1v) is 12.4. The zero-order chi connectivity index (χ0) is 26.1. The van der Waals surface area contributed by atoms with E-state index in [-0.39, 0.29) is 5.91 Å². The maximum atomic E-state index is 12.5. The van der Waals surface area contributed by atoms with Crippen LogP contribution in [0.1, 0.15) is 27.2 Å². The zero-order valence-corrected chi connectivity index (χ0v) is 21.1. The van der Waals surface area contributed by atoms with Crippen molar-refractivity contribution in [1.29, 1.82) is 0 Å². The molecule has 0 spiro atoms. The third-order valence-electron chi connectivity index (χ3n) is 6.58. The van der Waals surface area contributed by atoms with E-state index in [0.717, 1.165) is 41.8 Å². The molecule has 0 unspecified atom stereocenters. The molecule has 3 aromatic heterocycles. The number of carbonyl (C=O) groups excluding carboxylic acids is 1. The maximum Gasteiger partial charge on any atom is 0.274 e. The van der Waals surface area contributed by atoms with Crippen LogP contribution < -0.4 is 21.3 Å². The summed E-state index contributed by atoms with van der Waals surface area (Å²) in [6.45, 7) is 3.87. The van der Waals surface area contributed by atoms with E-state index in [4.69, 9.17) is 4.98 Å². The molecule has 4 heterocycles.